The maximum atomic E-state index is 13.5. The average molecular weight is 467 g/mol. The van der Waals surface area contributed by atoms with Gasteiger partial charge in [-0.1, -0.05) is 0 Å². The molecule has 3 aliphatic rings. The van der Waals surface area contributed by atoms with Crippen LogP contribution in [0, 0.1) is 5.82 Å². The largest absolute Gasteiger partial charge is 0.378 e. The molecule has 0 aromatic heterocycles. The van der Waals surface area contributed by atoms with Crippen molar-refractivity contribution in [2.45, 2.75) is 25.3 Å². The van der Waals surface area contributed by atoms with Gasteiger partial charge in [0.25, 0.3) is 5.91 Å². The number of nitrogens with one attached hydrogen (secondary N) is 1. The first-order valence-corrected chi connectivity index (χ1v) is 11.7. The molecule has 34 heavy (non-hydrogen) atoms. The fourth-order valence-electron chi connectivity index (χ4n) is 4.88. The molecular formula is C25H27FN4O4. The summed E-state index contributed by atoms with van der Waals surface area (Å²) in [6, 6.07) is 10.6. The summed E-state index contributed by atoms with van der Waals surface area (Å²) in [4.78, 5) is 44.7. The van der Waals surface area contributed by atoms with Crippen molar-refractivity contribution in [2.24, 2.45) is 0 Å². The topological polar surface area (TPSA) is 82.2 Å². The maximum Gasteiger partial charge on any atom is 0.254 e. The number of benzene rings is 2. The minimum atomic E-state index is -0.395. The molecule has 2 aromatic carbocycles. The van der Waals surface area contributed by atoms with Crippen molar-refractivity contribution in [3.8, 4) is 0 Å². The van der Waals surface area contributed by atoms with Gasteiger partial charge in [0.05, 0.1) is 24.6 Å². The fraction of sp³-hybridized carbons (Fsp3) is 0.400. The summed E-state index contributed by atoms with van der Waals surface area (Å²) in [6.07, 6.45) is 2.66. The Kier molecular flexibility index (Phi) is 6.19. The van der Waals surface area contributed by atoms with Crippen LogP contribution in [0.1, 0.15) is 29.6 Å². The normalized spacial score (nSPS) is 20.0. The highest BCUT2D eigenvalue weighted by molar-refractivity contribution is 6.11. The number of carbonyl (C=O) groups excluding carboxylic acids is 3. The summed E-state index contributed by atoms with van der Waals surface area (Å²) in [7, 11) is 0. The third-order valence-electron chi connectivity index (χ3n) is 6.60. The quantitative estimate of drug-likeness (QED) is 0.749. The lowest BCUT2D eigenvalue weighted by Crippen LogP contribution is -2.56. The average Bonchev–Trinajstić information content (AvgIpc) is 2.87. The van der Waals surface area contributed by atoms with E-state index in [1.54, 1.807) is 17.0 Å². The number of halogens is 1. The van der Waals surface area contributed by atoms with Crippen LogP contribution >= 0.6 is 0 Å². The molecule has 2 saturated heterocycles. The number of hydrogen-bond donors (Lipinski definition) is 1. The molecule has 3 amide bonds. The van der Waals surface area contributed by atoms with Gasteiger partial charge in [-0.3, -0.25) is 19.3 Å². The fourth-order valence-corrected chi connectivity index (χ4v) is 4.88. The first-order chi connectivity index (χ1) is 16.5. The number of carbonyl (C=O) groups is 3. The first-order valence-electron chi connectivity index (χ1n) is 11.7. The van der Waals surface area contributed by atoms with Gasteiger partial charge in [-0.05, 0) is 61.7 Å². The molecule has 0 radical (unpaired) electrons. The standard InChI is InChI=1S/C25H27FN4O4/c26-18-5-7-19(8-6-18)27-23(31)16-30-22-15-17(24(32)28-11-13-34-14-12-28)4-9-20(22)29-10-2-1-3-21(29)25(30)33/h4-9,15,21H,1-3,10-14,16H2,(H,27,31)/t21-/m1/s1. The van der Waals surface area contributed by atoms with Crippen molar-refractivity contribution < 1.29 is 23.5 Å². The molecule has 1 N–H and O–H groups in total. The first kappa shape index (κ1) is 22.3. The zero-order valence-corrected chi connectivity index (χ0v) is 18.8. The third kappa shape index (κ3) is 4.35. The van der Waals surface area contributed by atoms with Crippen LogP contribution in [-0.2, 0) is 14.3 Å². The van der Waals surface area contributed by atoms with Crippen LogP contribution in [0.2, 0.25) is 0 Å². The van der Waals surface area contributed by atoms with Gasteiger partial charge in [0.15, 0.2) is 0 Å². The molecule has 8 nitrogen and oxygen atoms in total. The van der Waals surface area contributed by atoms with Crippen molar-refractivity contribution >= 4 is 34.8 Å². The van der Waals surface area contributed by atoms with Crippen LogP contribution in [0.5, 0.6) is 0 Å². The van der Waals surface area contributed by atoms with E-state index in [0.717, 1.165) is 31.5 Å². The summed E-state index contributed by atoms with van der Waals surface area (Å²) in [5.41, 5.74) is 2.35. The predicted octanol–water partition coefficient (Wildman–Crippen LogP) is 2.64. The van der Waals surface area contributed by atoms with E-state index in [9.17, 15) is 18.8 Å². The van der Waals surface area contributed by atoms with E-state index in [2.05, 4.69) is 10.2 Å². The van der Waals surface area contributed by atoms with Crippen LogP contribution in [0.4, 0.5) is 21.5 Å². The number of piperidine rings is 1. The Bertz CT molecular complexity index is 1100. The number of fused-ring (bicyclic) bond motifs is 3. The number of amides is 3. The zero-order valence-electron chi connectivity index (χ0n) is 18.8. The summed E-state index contributed by atoms with van der Waals surface area (Å²) >= 11 is 0. The number of anilines is 3. The highest BCUT2D eigenvalue weighted by atomic mass is 19.1. The lowest BCUT2D eigenvalue weighted by molar-refractivity contribution is -0.123. The number of hydrogen-bond acceptors (Lipinski definition) is 5. The van der Waals surface area contributed by atoms with E-state index in [4.69, 9.17) is 4.74 Å². The van der Waals surface area contributed by atoms with Gasteiger partial charge in [0, 0.05) is 30.9 Å². The molecule has 2 aromatic rings. The molecule has 178 valence electrons. The van der Waals surface area contributed by atoms with Crippen LogP contribution in [0.25, 0.3) is 0 Å². The molecule has 0 spiro atoms. The third-order valence-corrected chi connectivity index (χ3v) is 6.60. The van der Waals surface area contributed by atoms with Gasteiger partial charge in [-0.2, -0.15) is 0 Å². The molecular weight excluding hydrogens is 439 g/mol. The maximum absolute atomic E-state index is 13.5. The molecule has 1 atom stereocenters. The Hall–Kier alpha value is -3.46. The predicted molar refractivity (Wildman–Crippen MR) is 126 cm³/mol. The lowest BCUT2D eigenvalue weighted by atomic mass is 9.95. The van der Waals surface area contributed by atoms with E-state index in [1.807, 2.05) is 6.07 Å². The molecule has 0 aliphatic carbocycles. The minimum absolute atomic E-state index is 0.116. The molecule has 0 bridgehead atoms. The molecule has 3 heterocycles. The summed E-state index contributed by atoms with van der Waals surface area (Å²) in [5, 5.41) is 2.73. The van der Waals surface area contributed by atoms with Gasteiger partial charge in [-0.25, -0.2) is 4.39 Å². The van der Waals surface area contributed by atoms with Crippen molar-refractivity contribution in [3.63, 3.8) is 0 Å². The van der Waals surface area contributed by atoms with Gasteiger partial charge >= 0.3 is 0 Å². The Morgan fingerprint density at radius 3 is 2.53 bits per heavy atom. The minimum Gasteiger partial charge on any atom is -0.378 e. The molecule has 5 rings (SSSR count). The molecule has 0 saturated carbocycles. The molecule has 3 aliphatic heterocycles. The Balaban J connectivity index is 1.44. The van der Waals surface area contributed by atoms with Crippen molar-refractivity contribution in [2.75, 3.05) is 54.5 Å². The summed E-state index contributed by atoms with van der Waals surface area (Å²) in [5.74, 6) is -1.04. The molecule has 0 unspecified atom stereocenters. The monoisotopic (exact) mass is 466 g/mol. The van der Waals surface area contributed by atoms with Crippen LogP contribution in [0.3, 0.4) is 0 Å². The van der Waals surface area contributed by atoms with Gasteiger partial charge in [0.1, 0.15) is 18.4 Å². The van der Waals surface area contributed by atoms with Crippen LogP contribution in [-0.4, -0.2) is 68.1 Å². The van der Waals surface area contributed by atoms with E-state index in [0.29, 0.717) is 43.2 Å². The van der Waals surface area contributed by atoms with Gasteiger partial charge < -0.3 is 19.9 Å². The lowest BCUT2D eigenvalue weighted by Gasteiger charge is -2.45. The SMILES string of the molecule is O=C(CN1C(=O)[C@H]2CCCCN2c2ccc(C(=O)N3CCOCC3)cc21)Nc1ccc(F)cc1. The Morgan fingerprint density at radius 1 is 1.00 bits per heavy atom. The van der Waals surface area contributed by atoms with Crippen LogP contribution in [0.15, 0.2) is 42.5 Å². The highest BCUT2D eigenvalue weighted by Gasteiger charge is 2.40. The Morgan fingerprint density at radius 2 is 1.76 bits per heavy atom. The van der Waals surface area contributed by atoms with Crippen LogP contribution < -0.4 is 15.1 Å². The molecule has 2 fully saturated rings. The van der Waals surface area contributed by atoms with Crippen molar-refractivity contribution in [1.82, 2.24) is 4.90 Å². The summed E-state index contributed by atoms with van der Waals surface area (Å²) < 4.78 is 18.5. The van der Waals surface area contributed by atoms with Crippen molar-refractivity contribution in [3.05, 3.63) is 53.8 Å². The van der Waals surface area contributed by atoms with E-state index in [1.165, 1.54) is 29.2 Å². The molecule has 9 heteroatoms. The Labute approximate surface area is 197 Å². The highest BCUT2D eigenvalue weighted by Crippen LogP contribution is 2.40. The smallest absolute Gasteiger partial charge is 0.254 e. The summed E-state index contributed by atoms with van der Waals surface area (Å²) in [6.45, 7) is 2.61. The second-order valence-corrected chi connectivity index (χ2v) is 8.79. The number of ether oxygens (including phenoxy) is 1. The number of morpholine rings is 1. The number of rotatable bonds is 4. The number of nitrogens with zero attached hydrogens (tertiary/aromatic N) is 3. The van der Waals surface area contributed by atoms with E-state index in [-0.39, 0.29) is 30.3 Å². The second-order valence-electron chi connectivity index (χ2n) is 8.79. The van der Waals surface area contributed by atoms with E-state index >= 15 is 0 Å². The van der Waals surface area contributed by atoms with E-state index < -0.39 is 5.82 Å². The van der Waals surface area contributed by atoms with Gasteiger partial charge in [-0.15, -0.1) is 0 Å². The van der Waals surface area contributed by atoms with Gasteiger partial charge in [0.2, 0.25) is 11.8 Å². The van der Waals surface area contributed by atoms with Crippen molar-refractivity contribution in [1.29, 1.82) is 0 Å². The second kappa shape index (κ2) is 9.42. The zero-order chi connectivity index (χ0) is 23.7.